The van der Waals surface area contributed by atoms with Gasteiger partial charge in [-0.15, -0.1) is 21.5 Å². The Morgan fingerprint density at radius 3 is 2.48 bits per heavy atom. The van der Waals surface area contributed by atoms with Gasteiger partial charge in [-0.2, -0.15) is 9.61 Å². The summed E-state index contributed by atoms with van der Waals surface area (Å²) in [6, 6.07) is 22.7. The second-order valence-corrected chi connectivity index (χ2v) is 7.97. The van der Waals surface area contributed by atoms with E-state index in [1.54, 1.807) is 15.9 Å². The lowest BCUT2D eigenvalue weighted by Crippen LogP contribution is -2.19. The summed E-state index contributed by atoms with van der Waals surface area (Å²) in [7, 11) is 0. The number of hydrogen-bond acceptors (Lipinski definition) is 5. The third-order valence-electron chi connectivity index (χ3n) is 4.70. The highest BCUT2D eigenvalue weighted by atomic mass is 32.1. The molecular formula is C23H18N6OS. The first-order valence-electron chi connectivity index (χ1n) is 9.67. The minimum atomic E-state index is -0.301. The average Bonchev–Trinajstić information content (AvgIpc) is 3.43. The lowest BCUT2D eigenvalue weighted by molar-refractivity contribution is 0.262. The van der Waals surface area contributed by atoms with Crippen molar-refractivity contribution in [1.29, 1.82) is 0 Å². The first-order chi connectivity index (χ1) is 15.2. The Labute approximate surface area is 182 Å². The number of hydrogen-bond donors (Lipinski definition) is 2. The summed E-state index contributed by atoms with van der Waals surface area (Å²) in [5, 5.41) is 20.9. The molecule has 0 atom stereocenters. The molecular weight excluding hydrogens is 408 g/mol. The molecule has 2 N–H and O–H groups in total. The van der Waals surface area contributed by atoms with Crippen LogP contribution in [-0.2, 0) is 0 Å². The third kappa shape index (κ3) is 4.01. The van der Waals surface area contributed by atoms with Crippen molar-refractivity contribution in [2.45, 2.75) is 6.92 Å². The molecule has 3 aromatic heterocycles. The first-order valence-corrected chi connectivity index (χ1v) is 10.6. The minimum Gasteiger partial charge on any atom is -0.308 e. The van der Waals surface area contributed by atoms with Gasteiger partial charge < -0.3 is 10.6 Å². The van der Waals surface area contributed by atoms with Crippen molar-refractivity contribution in [3.63, 3.8) is 0 Å². The highest BCUT2D eigenvalue weighted by Crippen LogP contribution is 2.25. The zero-order valence-electron chi connectivity index (χ0n) is 16.6. The number of carbonyl (C=O) groups excluding carboxylic acids is 1. The van der Waals surface area contributed by atoms with Crippen molar-refractivity contribution in [3.05, 3.63) is 83.7 Å². The molecule has 0 saturated carbocycles. The second kappa shape index (κ2) is 8.00. The molecule has 152 valence electrons. The third-order valence-corrected chi connectivity index (χ3v) is 5.56. The van der Waals surface area contributed by atoms with Crippen LogP contribution < -0.4 is 10.6 Å². The molecule has 0 bridgehead atoms. The van der Waals surface area contributed by atoms with Gasteiger partial charge in [-0.05, 0) is 60.3 Å². The Morgan fingerprint density at radius 1 is 0.903 bits per heavy atom. The van der Waals surface area contributed by atoms with E-state index in [-0.39, 0.29) is 6.03 Å². The van der Waals surface area contributed by atoms with E-state index in [2.05, 4.69) is 20.8 Å². The molecule has 0 fully saturated rings. The van der Waals surface area contributed by atoms with Gasteiger partial charge in [0.15, 0.2) is 11.5 Å². The smallest absolute Gasteiger partial charge is 0.308 e. The summed E-state index contributed by atoms with van der Waals surface area (Å²) < 4.78 is 1.74. The zero-order chi connectivity index (χ0) is 21.2. The molecule has 31 heavy (non-hydrogen) atoms. The van der Waals surface area contributed by atoms with Crippen LogP contribution in [0.25, 0.3) is 27.6 Å². The largest absolute Gasteiger partial charge is 0.323 e. The summed E-state index contributed by atoms with van der Waals surface area (Å²) in [5.74, 6) is 0.707. The SMILES string of the molecule is Cc1cccc(NC(=O)Nc2cccc(-c3ccc4nnc(-c5cccs5)n4n3)c2)c1. The van der Waals surface area contributed by atoms with Crippen molar-refractivity contribution >= 4 is 34.4 Å². The number of nitrogens with one attached hydrogen (secondary N) is 2. The molecule has 0 unspecified atom stereocenters. The number of urea groups is 1. The van der Waals surface area contributed by atoms with Crippen molar-refractivity contribution in [2.24, 2.45) is 0 Å². The normalized spacial score (nSPS) is 10.9. The fourth-order valence-electron chi connectivity index (χ4n) is 3.27. The van der Waals surface area contributed by atoms with E-state index >= 15 is 0 Å². The molecule has 2 amide bonds. The summed E-state index contributed by atoms with van der Waals surface area (Å²) in [4.78, 5) is 13.4. The van der Waals surface area contributed by atoms with E-state index in [0.717, 1.165) is 27.4 Å². The molecule has 0 aliphatic rings. The van der Waals surface area contributed by atoms with Gasteiger partial charge in [-0.1, -0.05) is 30.3 Å². The highest BCUT2D eigenvalue weighted by molar-refractivity contribution is 7.13. The summed E-state index contributed by atoms with van der Waals surface area (Å²) >= 11 is 1.59. The molecule has 8 heteroatoms. The number of benzene rings is 2. The van der Waals surface area contributed by atoms with Crippen LogP contribution in [0.15, 0.2) is 78.2 Å². The Morgan fingerprint density at radius 2 is 1.71 bits per heavy atom. The van der Waals surface area contributed by atoms with Crippen LogP contribution >= 0.6 is 11.3 Å². The molecule has 0 spiro atoms. The van der Waals surface area contributed by atoms with Crippen molar-refractivity contribution in [3.8, 4) is 22.0 Å². The van der Waals surface area contributed by atoms with Gasteiger partial charge in [0.25, 0.3) is 0 Å². The van der Waals surface area contributed by atoms with Gasteiger partial charge in [0.1, 0.15) is 0 Å². The van der Waals surface area contributed by atoms with E-state index in [9.17, 15) is 4.79 Å². The maximum atomic E-state index is 12.4. The van der Waals surface area contributed by atoms with Gasteiger partial charge >= 0.3 is 6.03 Å². The van der Waals surface area contributed by atoms with Crippen molar-refractivity contribution < 1.29 is 4.79 Å². The summed E-state index contributed by atoms with van der Waals surface area (Å²) in [6.45, 7) is 1.98. The topological polar surface area (TPSA) is 84.2 Å². The van der Waals surface area contributed by atoms with E-state index < -0.39 is 0 Å². The molecule has 0 aliphatic carbocycles. The number of rotatable bonds is 4. The van der Waals surface area contributed by atoms with Crippen LogP contribution in [0, 0.1) is 6.92 Å². The number of thiophene rings is 1. The average molecular weight is 427 g/mol. The number of aromatic nitrogens is 4. The van der Waals surface area contributed by atoms with Gasteiger partial charge in [0, 0.05) is 16.9 Å². The van der Waals surface area contributed by atoms with Crippen molar-refractivity contribution in [2.75, 3.05) is 10.6 Å². The number of fused-ring (bicyclic) bond motifs is 1. The molecule has 7 nitrogen and oxygen atoms in total. The Kier molecular flexibility index (Phi) is 4.89. The van der Waals surface area contributed by atoms with Gasteiger partial charge in [0.05, 0.1) is 10.6 Å². The van der Waals surface area contributed by atoms with Crippen LogP contribution in [0.2, 0.25) is 0 Å². The molecule has 5 rings (SSSR count). The quantitative estimate of drug-likeness (QED) is 0.399. The predicted molar refractivity (Wildman–Crippen MR) is 123 cm³/mol. The molecule has 5 aromatic rings. The number of aryl methyl sites for hydroxylation is 1. The molecule has 3 heterocycles. The Hall–Kier alpha value is -4.04. The summed E-state index contributed by atoms with van der Waals surface area (Å²) in [5.41, 5.74) is 4.81. The van der Waals surface area contributed by atoms with E-state index in [1.807, 2.05) is 85.1 Å². The van der Waals surface area contributed by atoms with Crippen LogP contribution in [0.1, 0.15) is 5.56 Å². The number of anilines is 2. The zero-order valence-corrected chi connectivity index (χ0v) is 17.4. The maximum Gasteiger partial charge on any atom is 0.323 e. The predicted octanol–water partition coefficient (Wildman–Crippen LogP) is 5.47. The number of nitrogens with zero attached hydrogens (tertiary/aromatic N) is 4. The molecule has 0 saturated heterocycles. The summed E-state index contributed by atoms with van der Waals surface area (Å²) in [6.07, 6.45) is 0. The monoisotopic (exact) mass is 426 g/mol. The Bertz CT molecular complexity index is 1380. The molecule has 0 aliphatic heterocycles. The van der Waals surface area contributed by atoms with Crippen molar-refractivity contribution in [1.82, 2.24) is 19.8 Å². The number of carbonyl (C=O) groups is 1. The fraction of sp³-hybridized carbons (Fsp3) is 0.0435. The molecule has 2 aromatic carbocycles. The minimum absolute atomic E-state index is 0.301. The van der Waals surface area contributed by atoms with Crippen LogP contribution in [0.3, 0.4) is 0 Å². The fourth-order valence-corrected chi connectivity index (χ4v) is 3.97. The Balaban J connectivity index is 1.40. The van der Waals surface area contributed by atoms with E-state index in [4.69, 9.17) is 5.10 Å². The van der Waals surface area contributed by atoms with E-state index in [1.165, 1.54) is 0 Å². The van der Waals surface area contributed by atoms with Gasteiger partial charge in [-0.3, -0.25) is 0 Å². The standard InChI is InChI=1S/C23H18N6OS/c1-15-5-2-7-17(13-15)24-23(30)25-18-8-3-6-16(14-18)19-10-11-21-26-27-22(29(21)28-19)20-9-4-12-31-20/h2-14H,1H3,(H2,24,25,30). The second-order valence-electron chi connectivity index (χ2n) is 7.02. The van der Waals surface area contributed by atoms with Crippen LogP contribution in [-0.4, -0.2) is 25.8 Å². The lowest BCUT2D eigenvalue weighted by Gasteiger charge is -2.09. The van der Waals surface area contributed by atoms with E-state index in [0.29, 0.717) is 17.2 Å². The van der Waals surface area contributed by atoms with Crippen LogP contribution in [0.4, 0.5) is 16.2 Å². The molecule has 0 radical (unpaired) electrons. The lowest BCUT2D eigenvalue weighted by atomic mass is 10.1. The number of amides is 2. The maximum absolute atomic E-state index is 12.4. The van der Waals surface area contributed by atoms with Crippen LogP contribution in [0.5, 0.6) is 0 Å². The van der Waals surface area contributed by atoms with Gasteiger partial charge in [-0.25, -0.2) is 4.79 Å². The highest BCUT2D eigenvalue weighted by Gasteiger charge is 2.12. The van der Waals surface area contributed by atoms with Gasteiger partial charge in [0.2, 0.25) is 0 Å². The first kappa shape index (κ1) is 19.0.